The molecule has 3 aromatic rings. The molecule has 2 aliphatic heterocycles. The predicted molar refractivity (Wildman–Crippen MR) is 323 cm³/mol. The van der Waals surface area contributed by atoms with Crippen LogP contribution in [0.5, 0.6) is 17.2 Å². The van der Waals surface area contributed by atoms with Gasteiger partial charge in [0.25, 0.3) is 0 Å². The zero-order chi connectivity index (χ0) is 55.5. The molecule has 0 aliphatic carbocycles. The Kier molecular flexibility index (Phi) is 32.3. The van der Waals surface area contributed by atoms with E-state index in [9.17, 15) is 25.3 Å². The van der Waals surface area contributed by atoms with E-state index < -0.39 is 42.2 Å². The lowest BCUT2D eigenvalue weighted by atomic mass is 10.1. The van der Waals surface area contributed by atoms with Crippen LogP contribution < -0.4 is 23.5 Å². The van der Waals surface area contributed by atoms with Crippen molar-refractivity contribution in [1.82, 2.24) is 8.61 Å². The number of piperidine rings is 2. The second-order valence-corrected chi connectivity index (χ2v) is 27.7. The first-order chi connectivity index (χ1) is 38.0. The summed E-state index contributed by atoms with van der Waals surface area (Å²) in [6, 6.07) is 21.8. The highest BCUT2D eigenvalue weighted by Crippen LogP contribution is 2.25. The average molecular weight is 1160 g/mol. The van der Waals surface area contributed by atoms with E-state index in [0.29, 0.717) is 56.6 Å². The van der Waals surface area contributed by atoms with E-state index in [1.165, 1.54) is 103 Å². The maximum absolute atomic E-state index is 13.4. The zero-order valence-electron chi connectivity index (χ0n) is 47.7. The standard InChI is InChI=1S/C60H98N4O10S4/c1-3-5-7-9-11-13-15-17-19-27-49-71-57-33-29-55(30-34-57)61(47-53-77(67,68)63-41-23-21-24-42-63)45-51-73-76(66)60-39-37-59(38-40-60)74-75(65)52-46-62(48-54-78(69,70)64-43-25-22-26-44-64)56-31-35-58(36-32-56)72-50-28-20-18-16-14-12-10-8-6-4-2/h29-40H,3-28,41-54H2,1-2H3. The van der Waals surface area contributed by atoms with Crippen molar-refractivity contribution in [2.45, 2.75) is 186 Å². The highest BCUT2D eigenvalue weighted by atomic mass is 32.2. The molecule has 78 heavy (non-hydrogen) atoms. The smallest absolute Gasteiger partial charge is 0.215 e. The van der Waals surface area contributed by atoms with E-state index in [0.717, 1.165) is 87.1 Å². The molecule has 18 heteroatoms. The normalized spacial score (nSPS) is 15.5. The second kappa shape index (κ2) is 38.4. The highest BCUT2D eigenvalue weighted by Gasteiger charge is 2.26. The predicted octanol–water partition coefficient (Wildman–Crippen LogP) is 13.0. The number of hydrogen-bond acceptors (Lipinski definition) is 12. The summed E-state index contributed by atoms with van der Waals surface area (Å²) in [7, 11) is -6.93. The van der Waals surface area contributed by atoms with Gasteiger partial charge in [-0.3, -0.25) is 4.18 Å². The molecule has 0 spiro atoms. The third kappa shape index (κ3) is 26.1. The van der Waals surface area contributed by atoms with Crippen molar-refractivity contribution >= 4 is 53.6 Å². The van der Waals surface area contributed by atoms with Gasteiger partial charge in [-0.25, -0.2) is 33.9 Å². The van der Waals surface area contributed by atoms with Gasteiger partial charge < -0.3 is 23.5 Å². The van der Waals surface area contributed by atoms with Crippen molar-refractivity contribution in [2.75, 3.05) is 99.2 Å². The minimum Gasteiger partial charge on any atom is -0.494 e. The van der Waals surface area contributed by atoms with Crippen molar-refractivity contribution in [3.8, 4) is 17.2 Å². The van der Waals surface area contributed by atoms with Crippen LogP contribution in [-0.4, -0.2) is 123 Å². The Labute approximate surface area is 477 Å². The first-order valence-corrected chi connectivity index (χ1v) is 35.6. The summed E-state index contributed by atoms with van der Waals surface area (Å²) in [5.74, 6) is 1.87. The molecule has 2 unspecified atom stereocenters. The summed E-state index contributed by atoms with van der Waals surface area (Å²) >= 11 is -3.61. The molecule has 14 nitrogen and oxygen atoms in total. The van der Waals surface area contributed by atoms with Gasteiger partial charge in [0.05, 0.1) is 42.0 Å². The molecule has 3 aromatic carbocycles. The second-order valence-electron chi connectivity index (χ2n) is 21.2. The molecule has 2 saturated heterocycles. The fourth-order valence-electron chi connectivity index (χ4n) is 10.0. The van der Waals surface area contributed by atoms with Crippen molar-refractivity contribution in [3.05, 3.63) is 72.8 Å². The Balaban J connectivity index is 1.09. The van der Waals surface area contributed by atoms with Crippen LogP contribution in [0.25, 0.3) is 0 Å². The number of sulfonamides is 2. The minimum atomic E-state index is -3.47. The molecule has 5 rings (SSSR count). The maximum atomic E-state index is 13.4. The van der Waals surface area contributed by atoms with Crippen LogP contribution in [0.1, 0.15) is 181 Å². The van der Waals surface area contributed by atoms with E-state index in [2.05, 4.69) is 13.8 Å². The fourth-order valence-corrected chi connectivity index (χ4v) is 14.6. The molecule has 0 radical (unpaired) electrons. The van der Waals surface area contributed by atoms with Gasteiger partial charge in [0.15, 0.2) is 11.1 Å². The van der Waals surface area contributed by atoms with Gasteiger partial charge >= 0.3 is 0 Å². The molecule has 2 atom stereocenters. The SMILES string of the molecule is CCCCCCCCCCCCOc1ccc(N(CCOS(=O)c2ccc(OS(=O)CCN(CCS(=O)(=O)N3CCCCC3)c3ccc(OCCCCCCCCCCCC)cc3)cc2)CCS(=O)(=O)N2CCCCC2)cc1. The average Bonchev–Trinajstić information content (AvgIpc) is 3.46. The number of unbranched alkanes of at least 4 members (excludes halogenated alkanes) is 18. The van der Waals surface area contributed by atoms with Gasteiger partial charge in [-0.05, 0) is 111 Å². The highest BCUT2D eigenvalue weighted by molar-refractivity contribution is 7.89. The molecule has 0 amide bonds. The molecule has 0 N–H and O–H groups in total. The fraction of sp³-hybridized carbons (Fsp3) is 0.700. The first kappa shape index (κ1) is 65.5. The lowest BCUT2D eigenvalue weighted by Crippen LogP contribution is -2.41. The lowest BCUT2D eigenvalue weighted by molar-refractivity contribution is 0.304. The quantitative estimate of drug-likeness (QED) is 0.0495. The van der Waals surface area contributed by atoms with E-state index >= 15 is 0 Å². The zero-order valence-corrected chi connectivity index (χ0v) is 51.0. The third-order valence-electron chi connectivity index (χ3n) is 14.9. The topological polar surface area (TPSA) is 152 Å². The molecule has 0 saturated carbocycles. The Morgan fingerprint density at radius 2 is 0.808 bits per heavy atom. The lowest BCUT2D eigenvalue weighted by Gasteiger charge is -2.29. The third-order valence-corrected chi connectivity index (χ3v) is 20.5. The molecular weight excluding hydrogens is 1060 g/mol. The van der Waals surface area contributed by atoms with E-state index in [4.69, 9.17) is 17.8 Å². The van der Waals surface area contributed by atoms with Gasteiger partial charge in [0.1, 0.15) is 17.2 Å². The van der Waals surface area contributed by atoms with Crippen LogP contribution in [0.3, 0.4) is 0 Å². The molecule has 0 aromatic heterocycles. The van der Waals surface area contributed by atoms with Crippen molar-refractivity contribution in [1.29, 1.82) is 0 Å². The molecule has 2 aliphatic rings. The summed E-state index contributed by atoms with van der Waals surface area (Å²) in [6.07, 6.45) is 30.7. The minimum absolute atomic E-state index is 0.0450. The van der Waals surface area contributed by atoms with Crippen LogP contribution >= 0.6 is 0 Å². The summed E-state index contributed by atoms with van der Waals surface area (Å²) in [6.45, 7) is 9.11. The van der Waals surface area contributed by atoms with Crippen LogP contribution in [-0.2, 0) is 46.4 Å². The van der Waals surface area contributed by atoms with Crippen molar-refractivity contribution in [3.63, 3.8) is 0 Å². The monoisotopic (exact) mass is 1160 g/mol. The molecule has 2 fully saturated rings. The molecule has 442 valence electrons. The summed E-state index contributed by atoms with van der Waals surface area (Å²) in [4.78, 5) is 4.29. The largest absolute Gasteiger partial charge is 0.494 e. The Morgan fingerprint density at radius 1 is 0.436 bits per heavy atom. The maximum Gasteiger partial charge on any atom is 0.215 e. The summed E-state index contributed by atoms with van der Waals surface area (Å²) in [5, 5.41) is 0. The summed E-state index contributed by atoms with van der Waals surface area (Å²) in [5.41, 5.74) is 1.63. The Hall–Kier alpha value is -3.26. The number of anilines is 2. The van der Waals surface area contributed by atoms with Gasteiger partial charge in [0, 0.05) is 63.7 Å². The Morgan fingerprint density at radius 3 is 1.22 bits per heavy atom. The Bertz CT molecular complexity index is 2310. The van der Waals surface area contributed by atoms with Crippen LogP contribution in [0.15, 0.2) is 77.7 Å². The van der Waals surface area contributed by atoms with Gasteiger partial charge in [0.2, 0.25) is 31.1 Å². The van der Waals surface area contributed by atoms with E-state index in [-0.39, 0.29) is 43.5 Å². The number of rotatable bonds is 44. The van der Waals surface area contributed by atoms with Crippen LogP contribution in [0.4, 0.5) is 11.4 Å². The van der Waals surface area contributed by atoms with Crippen molar-refractivity contribution < 1.29 is 43.1 Å². The van der Waals surface area contributed by atoms with Gasteiger partial charge in [-0.2, -0.15) is 0 Å². The van der Waals surface area contributed by atoms with E-state index in [1.54, 1.807) is 32.9 Å². The van der Waals surface area contributed by atoms with Crippen LogP contribution in [0, 0.1) is 0 Å². The molecule has 2 heterocycles. The molecule has 0 bridgehead atoms. The van der Waals surface area contributed by atoms with Gasteiger partial charge in [-0.15, -0.1) is 0 Å². The molecular formula is C60H98N4O10S4. The van der Waals surface area contributed by atoms with Crippen molar-refractivity contribution in [2.24, 2.45) is 0 Å². The van der Waals surface area contributed by atoms with Crippen LogP contribution in [0.2, 0.25) is 0 Å². The number of nitrogens with zero attached hydrogens (tertiary/aromatic N) is 4. The van der Waals surface area contributed by atoms with Gasteiger partial charge in [-0.1, -0.05) is 142 Å². The number of ether oxygens (including phenoxy) is 2. The summed E-state index contributed by atoms with van der Waals surface area (Å²) < 4.78 is 107. The van der Waals surface area contributed by atoms with E-state index in [1.807, 2.05) is 58.3 Å². The first-order valence-electron chi connectivity index (χ1n) is 30.1. The number of benzene rings is 3. The number of hydrogen-bond donors (Lipinski definition) is 0.